The molecule has 2 fully saturated rings. The molecule has 8 heteroatoms. The summed E-state index contributed by atoms with van der Waals surface area (Å²) in [7, 11) is 4.43. The number of carbonyl (C=O) groups is 2. The molecule has 4 rings (SSSR count). The lowest BCUT2D eigenvalue weighted by Gasteiger charge is -2.36. The molecule has 3 aliphatic heterocycles. The summed E-state index contributed by atoms with van der Waals surface area (Å²) >= 11 is 0. The molecule has 0 unspecified atom stereocenters. The van der Waals surface area contributed by atoms with Crippen LogP contribution < -0.4 is 14.2 Å². The Balaban J connectivity index is 1.73. The first-order valence-electron chi connectivity index (χ1n) is 8.36. The van der Waals surface area contributed by atoms with Gasteiger partial charge in [-0.05, 0) is 0 Å². The van der Waals surface area contributed by atoms with E-state index in [0.29, 0.717) is 23.7 Å². The summed E-state index contributed by atoms with van der Waals surface area (Å²) < 4.78 is 33.4. The maximum Gasteiger partial charge on any atom is 0.309 e. The van der Waals surface area contributed by atoms with Crippen LogP contribution in [-0.4, -0.2) is 57.2 Å². The van der Waals surface area contributed by atoms with Crippen LogP contribution in [-0.2, 0) is 30.2 Å². The molecule has 0 bridgehead atoms. The number of fused-ring (bicyclic) bond motifs is 4. The minimum atomic E-state index is -1.18. The highest BCUT2D eigenvalue weighted by Crippen LogP contribution is 2.50. The van der Waals surface area contributed by atoms with Crippen LogP contribution in [0.1, 0.15) is 18.4 Å². The van der Waals surface area contributed by atoms with Gasteiger partial charge < -0.3 is 28.4 Å². The Morgan fingerprint density at radius 2 is 2.04 bits per heavy atom. The number of hydrogen-bond donors (Lipinski definition) is 0. The van der Waals surface area contributed by atoms with Gasteiger partial charge in [-0.25, -0.2) is 0 Å². The van der Waals surface area contributed by atoms with Crippen molar-refractivity contribution >= 4 is 11.9 Å². The van der Waals surface area contributed by atoms with Crippen molar-refractivity contribution in [3.8, 4) is 17.2 Å². The zero-order valence-electron chi connectivity index (χ0n) is 14.8. The summed E-state index contributed by atoms with van der Waals surface area (Å²) in [4.78, 5) is 23.9. The lowest BCUT2D eigenvalue weighted by molar-refractivity contribution is -0.164. The van der Waals surface area contributed by atoms with E-state index < -0.39 is 29.7 Å². The zero-order chi connectivity index (χ0) is 18.5. The summed E-state index contributed by atoms with van der Waals surface area (Å²) in [5, 5.41) is 0. The highest BCUT2D eigenvalue weighted by Gasteiger charge is 2.67. The summed E-state index contributed by atoms with van der Waals surface area (Å²) in [5.41, 5.74) is -0.322. The largest absolute Gasteiger partial charge is 0.496 e. The highest BCUT2D eigenvalue weighted by atomic mass is 16.7. The third-order valence-corrected chi connectivity index (χ3v) is 5.26. The van der Waals surface area contributed by atoms with Gasteiger partial charge in [0.25, 0.3) is 0 Å². The van der Waals surface area contributed by atoms with E-state index in [1.54, 1.807) is 26.4 Å². The molecular weight excluding hydrogens is 344 g/mol. The molecule has 1 aromatic carbocycles. The number of methoxy groups -OCH3 is 3. The van der Waals surface area contributed by atoms with Crippen molar-refractivity contribution in [2.75, 3.05) is 21.3 Å². The maximum absolute atomic E-state index is 12.0. The number of benzene rings is 1. The molecule has 0 radical (unpaired) electrons. The standard InChI is InChI=1S/C18H20O8/c1-21-9-4-11(22-2)10-6-13-17(25-12(10)5-9)18(8-16(20)23-3)14(24-13)7-15(19)26-18/h4-5,13-14,17H,6-8H2,1-3H3/t13-,14-,17+,18+/m1/s1. The number of hydrogen-bond acceptors (Lipinski definition) is 8. The SMILES string of the molecule is COC(=O)C[C@]12OC(=O)C[C@H]1O[C@@H]1Cc3c(OC)cc(OC)cc3O[C@@H]12. The fourth-order valence-corrected chi connectivity index (χ4v) is 4.06. The molecule has 140 valence electrons. The predicted molar refractivity (Wildman–Crippen MR) is 86.4 cm³/mol. The van der Waals surface area contributed by atoms with E-state index in [1.165, 1.54) is 7.11 Å². The first-order chi connectivity index (χ1) is 12.5. The number of esters is 2. The molecule has 0 aliphatic carbocycles. The lowest BCUT2D eigenvalue weighted by Crippen LogP contribution is -2.53. The van der Waals surface area contributed by atoms with Gasteiger partial charge >= 0.3 is 11.9 Å². The molecule has 0 N–H and O–H groups in total. The number of carbonyl (C=O) groups excluding carboxylic acids is 2. The van der Waals surface area contributed by atoms with Crippen molar-refractivity contribution in [2.45, 2.75) is 43.2 Å². The van der Waals surface area contributed by atoms with E-state index in [0.717, 1.165) is 5.56 Å². The van der Waals surface area contributed by atoms with Gasteiger partial charge in [-0.2, -0.15) is 0 Å². The van der Waals surface area contributed by atoms with Crippen LogP contribution in [0.5, 0.6) is 17.2 Å². The first-order valence-corrected chi connectivity index (χ1v) is 8.36. The summed E-state index contributed by atoms with van der Waals surface area (Å²) in [6.45, 7) is 0. The Bertz CT molecular complexity index is 760. The molecule has 0 saturated carbocycles. The fourth-order valence-electron chi connectivity index (χ4n) is 4.06. The summed E-state index contributed by atoms with van der Waals surface area (Å²) in [5.74, 6) is 0.901. The fraction of sp³-hybridized carbons (Fsp3) is 0.556. The van der Waals surface area contributed by atoms with Gasteiger partial charge in [-0.15, -0.1) is 0 Å². The molecule has 0 aromatic heterocycles. The molecule has 0 amide bonds. The Morgan fingerprint density at radius 3 is 2.73 bits per heavy atom. The van der Waals surface area contributed by atoms with E-state index in [4.69, 9.17) is 28.4 Å². The topological polar surface area (TPSA) is 89.5 Å². The van der Waals surface area contributed by atoms with Crippen LogP contribution >= 0.6 is 0 Å². The van der Waals surface area contributed by atoms with Gasteiger partial charge in [0.05, 0.1) is 34.2 Å². The van der Waals surface area contributed by atoms with Crippen LogP contribution in [0.3, 0.4) is 0 Å². The first kappa shape index (κ1) is 17.0. The maximum atomic E-state index is 12.0. The molecule has 26 heavy (non-hydrogen) atoms. The third kappa shape index (κ3) is 2.39. The third-order valence-electron chi connectivity index (χ3n) is 5.26. The molecular formula is C18H20O8. The van der Waals surface area contributed by atoms with E-state index in [-0.39, 0.29) is 18.9 Å². The van der Waals surface area contributed by atoms with Crippen molar-refractivity contribution in [3.63, 3.8) is 0 Å². The molecule has 1 aromatic rings. The second kappa shape index (κ2) is 6.05. The molecule has 8 nitrogen and oxygen atoms in total. The van der Waals surface area contributed by atoms with Crippen LogP contribution in [0.2, 0.25) is 0 Å². The Hall–Kier alpha value is -2.48. The van der Waals surface area contributed by atoms with E-state index in [1.807, 2.05) is 0 Å². The van der Waals surface area contributed by atoms with Crippen molar-refractivity contribution in [1.82, 2.24) is 0 Å². The summed E-state index contributed by atoms with van der Waals surface area (Å²) in [6, 6.07) is 3.53. The highest BCUT2D eigenvalue weighted by molar-refractivity contribution is 5.78. The van der Waals surface area contributed by atoms with Gasteiger partial charge in [0.15, 0.2) is 11.7 Å². The number of ether oxygens (including phenoxy) is 6. The van der Waals surface area contributed by atoms with E-state index >= 15 is 0 Å². The number of rotatable bonds is 4. The van der Waals surface area contributed by atoms with Crippen molar-refractivity contribution in [2.24, 2.45) is 0 Å². The van der Waals surface area contributed by atoms with Crippen LogP contribution in [0, 0.1) is 0 Å². The quantitative estimate of drug-likeness (QED) is 0.732. The van der Waals surface area contributed by atoms with Gasteiger partial charge in [0.1, 0.15) is 29.5 Å². The average molecular weight is 364 g/mol. The lowest BCUT2D eigenvalue weighted by atomic mass is 9.84. The normalized spacial score (nSPS) is 31.2. The molecule has 3 aliphatic rings. The second-order valence-electron chi connectivity index (χ2n) is 6.60. The molecule has 4 atom stereocenters. The monoisotopic (exact) mass is 364 g/mol. The van der Waals surface area contributed by atoms with Gasteiger partial charge in [0, 0.05) is 24.1 Å². The van der Waals surface area contributed by atoms with Crippen molar-refractivity contribution in [1.29, 1.82) is 0 Å². The molecule has 3 heterocycles. The van der Waals surface area contributed by atoms with E-state index in [2.05, 4.69) is 0 Å². The smallest absolute Gasteiger partial charge is 0.309 e. The van der Waals surface area contributed by atoms with Gasteiger partial charge in [0.2, 0.25) is 0 Å². The van der Waals surface area contributed by atoms with Crippen LogP contribution in [0.25, 0.3) is 0 Å². The predicted octanol–water partition coefficient (Wildman–Crippen LogP) is 1.02. The Kier molecular flexibility index (Phi) is 3.95. The van der Waals surface area contributed by atoms with Gasteiger partial charge in [-0.1, -0.05) is 0 Å². The van der Waals surface area contributed by atoms with Crippen LogP contribution in [0.15, 0.2) is 12.1 Å². The van der Waals surface area contributed by atoms with E-state index in [9.17, 15) is 9.59 Å². The molecule has 0 spiro atoms. The zero-order valence-corrected chi connectivity index (χ0v) is 14.8. The summed E-state index contributed by atoms with van der Waals surface area (Å²) in [6.07, 6.45) is -1.02. The second-order valence-corrected chi connectivity index (χ2v) is 6.60. The Labute approximate surface area is 150 Å². The average Bonchev–Trinajstić information content (AvgIpc) is 3.08. The molecule has 2 saturated heterocycles. The Morgan fingerprint density at radius 1 is 1.23 bits per heavy atom. The van der Waals surface area contributed by atoms with Crippen molar-refractivity contribution in [3.05, 3.63) is 17.7 Å². The minimum Gasteiger partial charge on any atom is -0.496 e. The van der Waals surface area contributed by atoms with Crippen molar-refractivity contribution < 1.29 is 38.0 Å². The van der Waals surface area contributed by atoms with Crippen LogP contribution in [0.4, 0.5) is 0 Å². The van der Waals surface area contributed by atoms with Gasteiger partial charge in [-0.3, -0.25) is 9.59 Å². The minimum absolute atomic E-state index is 0.0875.